The number of esters is 1. The lowest BCUT2D eigenvalue weighted by Crippen LogP contribution is -2.18. The van der Waals surface area contributed by atoms with Crippen LogP contribution >= 0.6 is 23.2 Å². The van der Waals surface area contributed by atoms with E-state index < -0.39 is 11.5 Å². The Bertz CT molecular complexity index is 1030. The standard InChI is InChI=1S/C17H14Cl2N4O3/c1-8(2)5-11(24)26-15-13(12-9(18)6-20-7-10(12)19)17(25)23-16-14(15)21-3-4-22-16/h3-4,6-8H,5H2,1-2H3,(H,22,23,25). The number of aromatic amines is 1. The highest BCUT2D eigenvalue weighted by Crippen LogP contribution is 2.39. The third kappa shape index (κ3) is 3.54. The molecule has 3 aromatic rings. The summed E-state index contributed by atoms with van der Waals surface area (Å²) in [6, 6.07) is 0. The van der Waals surface area contributed by atoms with Crippen molar-refractivity contribution in [1.82, 2.24) is 19.9 Å². The highest BCUT2D eigenvalue weighted by atomic mass is 35.5. The fraction of sp³-hybridized carbons (Fsp3) is 0.235. The summed E-state index contributed by atoms with van der Waals surface area (Å²) >= 11 is 12.4. The predicted octanol–water partition coefficient (Wildman–Crippen LogP) is 3.64. The molecule has 0 amide bonds. The van der Waals surface area contributed by atoms with Crippen molar-refractivity contribution in [2.24, 2.45) is 5.92 Å². The molecule has 0 bridgehead atoms. The van der Waals surface area contributed by atoms with Gasteiger partial charge in [-0.25, -0.2) is 9.97 Å². The van der Waals surface area contributed by atoms with Crippen LogP contribution in [0.2, 0.25) is 10.0 Å². The molecule has 0 unspecified atom stereocenters. The number of nitrogens with zero attached hydrogens (tertiary/aromatic N) is 3. The van der Waals surface area contributed by atoms with Crippen LogP contribution < -0.4 is 10.3 Å². The van der Waals surface area contributed by atoms with Gasteiger partial charge in [-0.3, -0.25) is 14.6 Å². The van der Waals surface area contributed by atoms with Gasteiger partial charge >= 0.3 is 5.97 Å². The van der Waals surface area contributed by atoms with Crippen LogP contribution in [0.5, 0.6) is 5.75 Å². The molecule has 0 spiro atoms. The first-order valence-corrected chi connectivity index (χ1v) is 8.51. The smallest absolute Gasteiger partial charge is 0.311 e. The quantitative estimate of drug-likeness (QED) is 0.680. The number of hydrogen-bond donors (Lipinski definition) is 1. The normalized spacial score (nSPS) is 11.1. The maximum absolute atomic E-state index is 12.7. The van der Waals surface area contributed by atoms with E-state index >= 15 is 0 Å². The van der Waals surface area contributed by atoms with E-state index in [1.54, 1.807) is 0 Å². The third-order valence-corrected chi connectivity index (χ3v) is 4.07. The number of nitrogens with one attached hydrogen (secondary N) is 1. The van der Waals surface area contributed by atoms with E-state index in [0.717, 1.165) is 0 Å². The van der Waals surface area contributed by atoms with E-state index in [2.05, 4.69) is 19.9 Å². The Morgan fingerprint density at radius 2 is 1.81 bits per heavy atom. The molecule has 0 saturated carbocycles. The molecule has 0 aliphatic carbocycles. The van der Waals surface area contributed by atoms with Crippen LogP contribution in [-0.2, 0) is 4.79 Å². The van der Waals surface area contributed by atoms with Crippen molar-refractivity contribution in [3.63, 3.8) is 0 Å². The van der Waals surface area contributed by atoms with Gasteiger partial charge in [0, 0.05) is 36.8 Å². The van der Waals surface area contributed by atoms with Gasteiger partial charge in [0.1, 0.15) is 5.52 Å². The molecular formula is C17H14Cl2N4O3. The zero-order chi connectivity index (χ0) is 18.8. The Balaban J connectivity index is 2.31. The zero-order valence-electron chi connectivity index (χ0n) is 13.9. The molecule has 1 N–H and O–H groups in total. The number of halogens is 2. The number of H-pyrrole nitrogens is 1. The molecule has 3 rings (SSSR count). The average Bonchev–Trinajstić information content (AvgIpc) is 2.56. The van der Waals surface area contributed by atoms with E-state index in [1.807, 2.05) is 13.8 Å². The monoisotopic (exact) mass is 392 g/mol. The summed E-state index contributed by atoms with van der Waals surface area (Å²) in [4.78, 5) is 39.7. The van der Waals surface area contributed by atoms with Crippen LogP contribution in [0.25, 0.3) is 22.3 Å². The van der Waals surface area contributed by atoms with E-state index in [-0.39, 0.29) is 50.4 Å². The van der Waals surface area contributed by atoms with Crippen molar-refractivity contribution in [2.75, 3.05) is 0 Å². The number of carbonyl (C=O) groups excluding carboxylic acids is 1. The lowest BCUT2D eigenvalue weighted by Gasteiger charge is -2.14. The third-order valence-electron chi connectivity index (χ3n) is 3.49. The Kier molecular flexibility index (Phi) is 5.20. The van der Waals surface area contributed by atoms with Crippen molar-refractivity contribution in [3.8, 4) is 16.9 Å². The zero-order valence-corrected chi connectivity index (χ0v) is 15.4. The van der Waals surface area contributed by atoms with Gasteiger partial charge in [-0.15, -0.1) is 0 Å². The Hall–Kier alpha value is -2.51. The minimum Gasteiger partial charge on any atom is -0.423 e. The number of ether oxygens (including phenoxy) is 1. The molecule has 3 heterocycles. The first kappa shape index (κ1) is 18.3. The lowest BCUT2D eigenvalue weighted by molar-refractivity contribution is -0.135. The summed E-state index contributed by atoms with van der Waals surface area (Å²) in [5, 5.41) is 0.291. The second-order valence-corrected chi connectivity index (χ2v) is 6.78. The van der Waals surface area contributed by atoms with E-state index in [0.29, 0.717) is 0 Å². The topological polar surface area (TPSA) is 97.8 Å². The van der Waals surface area contributed by atoms with Crippen molar-refractivity contribution < 1.29 is 9.53 Å². The van der Waals surface area contributed by atoms with Gasteiger partial charge in [0.2, 0.25) is 0 Å². The average molecular weight is 393 g/mol. The van der Waals surface area contributed by atoms with Crippen molar-refractivity contribution in [1.29, 1.82) is 0 Å². The van der Waals surface area contributed by atoms with Crippen LogP contribution in [-0.4, -0.2) is 25.9 Å². The summed E-state index contributed by atoms with van der Waals surface area (Å²) in [5.41, 5.74) is 0.0791. The number of pyridine rings is 2. The first-order chi connectivity index (χ1) is 12.4. The maximum Gasteiger partial charge on any atom is 0.311 e. The molecular weight excluding hydrogens is 379 g/mol. The molecule has 7 nitrogen and oxygen atoms in total. The minimum absolute atomic E-state index is 0.00695. The summed E-state index contributed by atoms with van der Waals surface area (Å²) in [7, 11) is 0. The molecule has 0 radical (unpaired) electrons. The maximum atomic E-state index is 12.7. The van der Waals surface area contributed by atoms with Crippen LogP contribution in [0.4, 0.5) is 0 Å². The fourth-order valence-corrected chi connectivity index (χ4v) is 3.01. The molecule has 3 aromatic heterocycles. The highest BCUT2D eigenvalue weighted by molar-refractivity contribution is 6.39. The molecule has 0 aliphatic rings. The van der Waals surface area contributed by atoms with E-state index in [1.165, 1.54) is 24.8 Å². The van der Waals surface area contributed by atoms with Gasteiger partial charge in [0.15, 0.2) is 11.4 Å². The molecule has 0 atom stereocenters. The first-order valence-electron chi connectivity index (χ1n) is 7.75. The Morgan fingerprint density at radius 1 is 1.15 bits per heavy atom. The van der Waals surface area contributed by atoms with Gasteiger partial charge < -0.3 is 9.72 Å². The number of aromatic nitrogens is 4. The van der Waals surface area contributed by atoms with Crippen LogP contribution in [0, 0.1) is 5.92 Å². The van der Waals surface area contributed by atoms with Gasteiger partial charge in [-0.05, 0) is 5.92 Å². The molecule has 134 valence electrons. The minimum atomic E-state index is -0.555. The lowest BCUT2D eigenvalue weighted by atomic mass is 10.1. The summed E-state index contributed by atoms with van der Waals surface area (Å²) < 4.78 is 5.52. The molecule has 9 heteroatoms. The second-order valence-electron chi connectivity index (χ2n) is 5.96. The number of fused-ring (bicyclic) bond motifs is 1. The largest absolute Gasteiger partial charge is 0.423 e. The summed E-state index contributed by atoms with van der Waals surface area (Å²) in [6.45, 7) is 3.77. The van der Waals surface area contributed by atoms with Crippen LogP contribution in [0.15, 0.2) is 29.6 Å². The van der Waals surface area contributed by atoms with Gasteiger partial charge in [0.05, 0.1) is 15.6 Å². The molecule has 0 fully saturated rings. The van der Waals surface area contributed by atoms with Crippen LogP contribution in [0.3, 0.4) is 0 Å². The van der Waals surface area contributed by atoms with E-state index in [4.69, 9.17) is 27.9 Å². The second kappa shape index (κ2) is 7.39. The molecule has 26 heavy (non-hydrogen) atoms. The number of hydrogen-bond acceptors (Lipinski definition) is 6. The van der Waals surface area contributed by atoms with Gasteiger partial charge in [-0.2, -0.15) is 0 Å². The summed E-state index contributed by atoms with van der Waals surface area (Å²) in [6.07, 6.45) is 5.72. The van der Waals surface area contributed by atoms with Crippen LogP contribution in [0.1, 0.15) is 20.3 Å². The van der Waals surface area contributed by atoms with Crippen molar-refractivity contribution >= 4 is 40.3 Å². The Morgan fingerprint density at radius 3 is 2.46 bits per heavy atom. The molecule has 0 saturated heterocycles. The van der Waals surface area contributed by atoms with Gasteiger partial charge in [-0.1, -0.05) is 37.0 Å². The molecule has 0 aromatic carbocycles. The fourth-order valence-electron chi connectivity index (χ4n) is 2.45. The highest BCUT2D eigenvalue weighted by Gasteiger charge is 2.24. The number of carbonyl (C=O) groups is 1. The van der Waals surface area contributed by atoms with Crippen molar-refractivity contribution in [3.05, 3.63) is 45.2 Å². The van der Waals surface area contributed by atoms with E-state index in [9.17, 15) is 9.59 Å². The number of rotatable bonds is 4. The Labute approximate surface area is 158 Å². The SMILES string of the molecule is CC(C)CC(=O)Oc1c(-c2c(Cl)cncc2Cl)c(=O)[nH]c2nccnc12. The summed E-state index contributed by atoms with van der Waals surface area (Å²) in [5.74, 6) is -0.448. The molecule has 0 aliphatic heterocycles. The predicted molar refractivity (Wildman–Crippen MR) is 98.5 cm³/mol. The van der Waals surface area contributed by atoms with Gasteiger partial charge in [0.25, 0.3) is 5.56 Å². The van der Waals surface area contributed by atoms with Crippen molar-refractivity contribution in [2.45, 2.75) is 20.3 Å².